The van der Waals surface area contributed by atoms with Crippen LogP contribution >= 0.6 is 0 Å². The molecule has 0 bridgehead atoms. The third-order valence-electron chi connectivity index (χ3n) is 6.61. The molecule has 1 radical (unpaired) electrons. The van der Waals surface area contributed by atoms with E-state index in [1.165, 1.54) is 16.7 Å². The molecule has 0 saturated carbocycles. The first-order chi connectivity index (χ1) is 19.2. The molecule has 4 heteroatoms. The molecule has 3 heterocycles. The fraction of sp³-hybridized carbons (Fsp3) is 0.0556. The van der Waals surface area contributed by atoms with Gasteiger partial charge in [-0.15, -0.1) is 48.0 Å². The second-order valence-corrected chi connectivity index (χ2v) is 9.49. The van der Waals surface area contributed by atoms with Crippen LogP contribution in [0.1, 0.15) is 11.1 Å². The van der Waals surface area contributed by atoms with Crippen LogP contribution in [-0.4, -0.2) is 9.97 Å². The molecular weight excluding hydrogens is 669 g/mol. The van der Waals surface area contributed by atoms with E-state index >= 15 is 0 Å². The van der Waals surface area contributed by atoms with Gasteiger partial charge in [0.2, 0.25) is 0 Å². The number of rotatable bonds is 3. The number of aromatic nitrogens is 2. The summed E-state index contributed by atoms with van der Waals surface area (Å²) in [5.41, 5.74) is 10.2. The monoisotopic (exact) mass is 695 g/mol. The molecule has 3 aromatic heterocycles. The quantitative estimate of drug-likeness (QED) is 0.173. The molecule has 197 valence electrons. The van der Waals surface area contributed by atoms with E-state index in [9.17, 15) is 0 Å². The topological polar surface area (TPSA) is 38.9 Å². The molecule has 7 rings (SSSR count). The second kappa shape index (κ2) is 12.2. The molecule has 0 unspecified atom stereocenters. The van der Waals surface area contributed by atoms with Gasteiger partial charge in [0.15, 0.2) is 0 Å². The third-order valence-corrected chi connectivity index (χ3v) is 6.61. The van der Waals surface area contributed by atoms with E-state index in [0.717, 1.165) is 50.0 Å². The summed E-state index contributed by atoms with van der Waals surface area (Å²) in [6.45, 7) is 4.07. The van der Waals surface area contributed by atoms with Gasteiger partial charge in [0.25, 0.3) is 0 Å². The van der Waals surface area contributed by atoms with Crippen LogP contribution in [0.3, 0.4) is 0 Å². The van der Waals surface area contributed by atoms with Gasteiger partial charge in [0.1, 0.15) is 5.58 Å². The van der Waals surface area contributed by atoms with E-state index in [1.54, 1.807) is 0 Å². The Bertz CT molecular complexity index is 1840. The number of pyridine rings is 2. The summed E-state index contributed by atoms with van der Waals surface area (Å²) >= 11 is 0. The molecule has 0 aliphatic carbocycles. The van der Waals surface area contributed by atoms with Crippen LogP contribution < -0.4 is 0 Å². The van der Waals surface area contributed by atoms with Crippen molar-refractivity contribution in [3.8, 4) is 33.6 Å². The predicted octanol–water partition coefficient (Wildman–Crippen LogP) is 9.28. The van der Waals surface area contributed by atoms with Gasteiger partial charge in [-0.25, -0.2) is 0 Å². The van der Waals surface area contributed by atoms with E-state index in [1.807, 2.05) is 93.0 Å². The van der Waals surface area contributed by atoms with Crippen molar-refractivity contribution >= 4 is 21.9 Å². The van der Waals surface area contributed by atoms with E-state index < -0.39 is 0 Å². The number of furan rings is 1. The molecule has 0 aliphatic rings. The average Bonchev–Trinajstić information content (AvgIpc) is 3.38. The minimum Gasteiger partial charge on any atom is -0.501 e. The average molecular weight is 695 g/mol. The van der Waals surface area contributed by atoms with Crippen molar-refractivity contribution in [3.05, 3.63) is 145 Å². The van der Waals surface area contributed by atoms with Gasteiger partial charge >= 0.3 is 0 Å². The second-order valence-electron chi connectivity index (χ2n) is 9.49. The SMILES string of the molecule is Cc1ccc(-c2[c-]cc(-c3ccccc3)cc2)nc1.Cc1ccc(-c2[c-]ccc3c2oc2ccccc23)nc1.[Ir]. The molecule has 0 amide bonds. The first-order valence-electron chi connectivity index (χ1n) is 12.9. The Kier molecular flexibility index (Phi) is 8.31. The van der Waals surface area contributed by atoms with Crippen molar-refractivity contribution in [2.45, 2.75) is 13.8 Å². The van der Waals surface area contributed by atoms with Gasteiger partial charge in [0.05, 0.1) is 5.58 Å². The number of hydrogen-bond acceptors (Lipinski definition) is 3. The fourth-order valence-corrected chi connectivity index (χ4v) is 4.52. The Morgan fingerprint density at radius 2 is 1.30 bits per heavy atom. The molecule has 0 spiro atoms. The van der Waals surface area contributed by atoms with Crippen molar-refractivity contribution in [1.29, 1.82) is 0 Å². The summed E-state index contributed by atoms with van der Waals surface area (Å²) in [5, 5.41) is 2.24. The van der Waals surface area contributed by atoms with Crippen molar-refractivity contribution in [1.82, 2.24) is 9.97 Å². The molecular formula is C36H26IrN2O-2. The maximum atomic E-state index is 6.00. The molecule has 0 saturated heterocycles. The number of benzene rings is 4. The number of aryl methyl sites for hydroxylation is 2. The number of nitrogens with zero attached hydrogens (tertiary/aromatic N) is 2. The molecule has 0 atom stereocenters. The van der Waals surface area contributed by atoms with Crippen LogP contribution in [0.15, 0.2) is 126 Å². The van der Waals surface area contributed by atoms with Crippen LogP contribution in [0.4, 0.5) is 0 Å². The van der Waals surface area contributed by atoms with E-state index in [2.05, 4.69) is 64.6 Å². The largest absolute Gasteiger partial charge is 0.501 e. The molecule has 7 aromatic rings. The van der Waals surface area contributed by atoms with Gasteiger partial charge in [0, 0.05) is 37.9 Å². The minimum atomic E-state index is 0. The number of hydrogen-bond donors (Lipinski definition) is 0. The maximum absolute atomic E-state index is 6.00. The summed E-state index contributed by atoms with van der Waals surface area (Å²) in [6, 6.07) is 43.3. The van der Waals surface area contributed by atoms with Crippen molar-refractivity contribution in [2.24, 2.45) is 0 Å². The Hall–Kier alpha value is -4.37. The van der Waals surface area contributed by atoms with Gasteiger partial charge < -0.3 is 14.4 Å². The Labute approximate surface area is 247 Å². The number of fused-ring (bicyclic) bond motifs is 3. The van der Waals surface area contributed by atoms with E-state index in [-0.39, 0.29) is 20.1 Å². The first-order valence-corrected chi connectivity index (χ1v) is 12.9. The Balaban J connectivity index is 0.000000158. The van der Waals surface area contributed by atoms with E-state index in [4.69, 9.17) is 4.42 Å². The summed E-state index contributed by atoms with van der Waals surface area (Å²) in [6.07, 6.45) is 3.75. The maximum Gasteiger partial charge on any atom is 0.120 e. The van der Waals surface area contributed by atoms with Gasteiger partial charge in [-0.1, -0.05) is 94.9 Å². The van der Waals surface area contributed by atoms with Crippen LogP contribution in [0.2, 0.25) is 0 Å². The van der Waals surface area contributed by atoms with Gasteiger partial charge in [-0.2, -0.15) is 0 Å². The van der Waals surface area contributed by atoms with E-state index in [0.29, 0.717) is 0 Å². The zero-order valence-corrected chi connectivity index (χ0v) is 24.6. The molecule has 0 N–H and O–H groups in total. The van der Waals surface area contributed by atoms with Crippen LogP contribution in [0, 0.1) is 26.0 Å². The van der Waals surface area contributed by atoms with Gasteiger partial charge in [-0.3, -0.25) is 0 Å². The normalized spacial score (nSPS) is 10.6. The minimum absolute atomic E-state index is 0. The van der Waals surface area contributed by atoms with Crippen molar-refractivity contribution in [3.63, 3.8) is 0 Å². The van der Waals surface area contributed by atoms with Crippen LogP contribution in [-0.2, 0) is 20.1 Å². The predicted molar refractivity (Wildman–Crippen MR) is 159 cm³/mol. The molecule has 0 aliphatic heterocycles. The van der Waals surface area contributed by atoms with Crippen LogP contribution in [0.5, 0.6) is 0 Å². The van der Waals surface area contributed by atoms with Crippen LogP contribution in [0.25, 0.3) is 55.6 Å². The summed E-state index contributed by atoms with van der Waals surface area (Å²) < 4.78 is 6.00. The molecule has 40 heavy (non-hydrogen) atoms. The third kappa shape index (κ3) is 5.79. The smallest absolute Gasteiger partial charge is 0.120 e. The molecule has 3 nitrogen and oxygen atoms in total. The summed E-state index contributed by atoms with van der Waals surface area (Å²) in [7, 11) is 0. The standard InChI is InChI=1S/C18H12NO.C18H14N.Ir/c1-12-9-10-16(19-11-12)15-7-4-6-14-13-5-2-3-8-17(13)20-18(14)15;1-14-7-12-18(19-13-14)17-10-8-16(9-11-17)15-5-3-2-4-6-15;/h2-6,8-11H,1H3;2-10,12-13H,1H3;/q2*-1;. The number of para-hydroxylation sites is 1. The van der Waals surface area contributed by atoms with Crippen molar-refractivity contribution in [2.75, 3.05) is 0 Å². The van der Waals surface area contributed by atoms with Crippen molar-refractivity contribution < 1.29 is 24.5 Å². The first kappa shape index (κ1) is 27.2. The summed E-state index contributed by atoms with van der Waals surface area (Å²) in [5.74, 6) is 0. The molecule has 4 aromatic carbocycles. The fourth-order valence-electron chi connectivity index (χ4n) is 4.52. The Morgan fingerprint density at radius 1 is 0.600 bits per heavy atom. The molecule has 0 fully saturated rings. The zero-order valence-electron chi connectivity index (χ0n) is 22.2. The Morgan fingerprint density at radius 3 is 1.98 bits per heavy atom. The summed E-state index contributed by atoms with van der Waals surface area (Å²) in [4.78, 5) is 8.90. The zero-order chi connectivity index (χ0) is 26.6. The van der Waals surface area contributed by atoms with Gasteiger partial charge in [-0.05, 0) is 42.4 Å².